The van der Waals surface area contributed by atoms with Crippen LogP contribution in [0.3, 0.4) is 0 Å². The second-order valence-electron chi connectivity index (χ2n) is 15.1. The van der Waals surface area contributed by atoms with Gasteiger partial charge in [0, 0.05) is 12.0 Å². The van der Waals surface area contributed by atoms with Gasteiger partial charge in [0.1, 0.15) is 0 Å². The number of rotatable bonds is 6. The van der Waals surface area contributed by atoms with E-state index in [2.05, 4.69) is 39.4 Å². The van der Waals surface area contributed by atoms with E-state index >= 15 is 0 Å². The molecule has 5 aliphatic rings. The van der Waals surface area contributed by atoms with Crippen molar-refractivity contribution in [2.24, 2.45) is 61.8 Å². The minimum atomic E-state index is -3.55. The zero-order valence-electron chi connectivity index (χ0n) is 24.7. The van der Waals surface area contributed by atoms with Gasteiger partial charge >= 0.3 is 0 Å². The van der Waals surface area contributed by atoms with Crippen LogP contribution in [0, 0.1) is 56.7 Å². The van der Waals surface area contributed by atoms with Gasteiger partial charge in [-0.05, 0) is 121 Å². The summed E-state index contributed by atoms with van der Waals surface area (Å²) >= 11 is 0. The maximum Gasteiger partial charge on any atom is 0.264 e. The van der Waals surface area contributed by atoms with Crippen molar-refractivity contribution in [2.45, 2.75) is 91.9 Å². The maximum absolute atomic E-state index is 11.7. The van der Waals surface area contributed by atoms with Crippen LogP contribution in [0.25, 0.3) is 0 Å². The number of oxime groups is 1. The molecule has 5 saturated carbocycles. The molecule has 0 aromatic rings. The molecule has 3 N–H and O–H groups in total. The summed E-state index contributed by atoms with van der Waals surface area (Å²) in [7, 11) is -3.55. The Morgan fingerprint density at radius 2 is 1.67 bits per heavy atom. The first kappa shape index (κ1) is 29.5. The van der Waals surface area contributed by atoms with E-state index < -0.39 is 15.5 Å². The number of nitrogens with zero attached hydrogens (tertiary/aromatic N) is 1. The first-order valence-electron chi connectivity index (χ1n) is 15.1. The van der Waals surface area contributed by atoms with Gasteiger partial charge in [0.15, 0.2) is 0 Å². The number of hydrogen-bond donors (Lipinski definition) is 3. The molecular weight excluding hydrogens is 514 g/mol. The topological polar surface area (TPSA) is 116 Å². The summed E-state index contributed by atoms with van der Waals surface area (Å²) in [6, 6.07) is 0. The van der Waals surface area contributed by atoms with Gasteiger partial charge in [0.05, 0.1) is 25.2 Å². The summed E-state index contributed by atoms with van der Waals surface area (Å²) < 4.78 is 28.7. The summed E-state index contributed by atoms with van der Waals surface area (Å²) in [4.78, 5) is 0. The molecule has 5 aliphatic carbocycles. The Morgan fingerprint density at radius 3 is 2.28 bits per heavy atom. The number of aliphatic hydroxyl groups is 2. The van der Waals surface area contributed by atoms with Crippen LogP contribution in [0.4, 0.5) is 0 Å². The summed E-state index contributed by atoms with van der Waals surface area (Å²) in [5.41, 5.74) is 1.26. The first-order chi connectivity index (χ1) is 18.2. The van der Waals surface area contributed by atoms with Crippen LogP contribution in [0.5, 0.6) is 0 Å². The lowest BCUT2D eigenvalue weighted by molar-refractivity contribution is -0.233. The highest BCUT2D eigenvalue weighted by atomic mass is 32.2. The van der Waals surface area contributed by atoms with Crippen molar-refractivity contribution in [2.75, 3.05) is 26.1 Å². The number of hydrogen-bond acceptors (Lipinski definition) is 7. The lowest BCUT2D eigenvalue weighted by atomic mass is 9.32. The molecule has 10 atom stereocenters. The minimum Gasteiger partial charge on any atom is -0.411 e. The summed E-state index contributed by atoms with van der Waals surface area (Å²) in [5, 5.41) is 34.8. The molecule has 0 amide bonds. The third-order valence-electron chi connectivity index (χ3n) is 13.9. The molecule has 0 spiro atoms. The Morgan fingerprint density at radius 1 is 0.949 bits per heavy atom. The highest BCUT2D eigenvalue weighted by molar-refractivity contribution is 7.86. The van der Waals surface area contributed by atoms with Crippen LogP contribution < -0.4 is 0 Å². The lowest BCUT2D eigenvalue weighted by Gasteiger charge is -2.72. The highest BCUT2D eigenvalue weighted by Gasteiger charge is 2.71. The summed E-state index contributed by atoms with van der Waals surface area (Å²) in [5.74, 6) is 1.66. The van der Waals surface area contributed by atoms with Crippen LogP contribution in [-0.2, 0) is 14.3 Å². The second-order valence-corrected chi connectivity index (χ2v) is 16.8. The Bertz CT molecular complexity index is 1140. The SMILES string of the molecule is C=C(COS(C)(=O)=O)[C@@H]1CC[C@]2(CO)CC[C@]3(C)[C@H](CC[C@@H]4[C@@]5(C)CC/C(=N/O)C(C)(CO)[C@@H]5CC[C@]43C)[C@@H]12. The molecule has 1 unspecified atom stereocenters. The fourth-order valence-electron chi connectivity index (χ4n) is 11.8. The van der Waals surface area contributed by atoms with Gasteiger partial charge in [-0.1, -0.05) is 39.4 Å². The molecule has 0 aliphatic heterocycles. The van der Waals surface area contributed by atoms with Gasteiger partial charge in [0.25, 0.3) is 10.1 Å². The van der Waals surface area contributed by atoms with Crippen LogP contribution in [0.15, 0.2) is 17.3 Å². The molecule has 39 heavy (non-hydrogen) atoms. The zero-order valence-corrected chi connectivity index (χ0v) is 25.5. The number of fused-ring (bicyclic) bond motifs is 7. The van der Waals surface area contributed by atoms with Crippen molar-refractivity contribution in [1.82, 2.24) is 0 Å². The van der Waals surface area contributed by atoms with E-state index in [1.165, 1.54) is 0 Å². The maximum atomic E-state index is 11.7. The van der Waals surface area contributed by atoms with E-state index in [1.807, 2.05) is 0 Å². The fourth-order valence-corrected chi connectivity index (χ4v) is 12.1. The molecule has 7 nitrogen and oxygen atoms in total. The quantitative estimate of drug-likeness (QED) is 0.172. The van der Waals surface area contributed by atoms with Crippen molar-refractivity contribution in [3.05, 3.63) is 12.2 Å². The summed E-state index contributed by atoms with van der Waals surface area (Å²) in [6.07, 6.45) is 11.1. The Labute approximate surface area is 235 Å². The smallest absolute Gasteiger partial charge is 0.264 e. The molecule has 0 aromatic carbocycles. The minimum absolute atomic E-state index is 0.0103. The van der Waals surface area contributed by atoms with Gasteiger partial charge in [0.2, 0.25) is 0 Å². The fraction of sp³-hybridized carbons (Fsp3) is 0.903. The molecule has 0 bridgehead atoms. The molecule has 5 rings (SSSR count). The first-order valence-corrected chi connectivity index (χ1v) is 16.9. The third-order valence-corrected chi connectivity index (χ3v) is 14.5. The van der Waals surface area contributed by atoms with Crippen LogP contribution >= 0.6 is 0 Å². The molecule has 222 valence electrons. The van der Waals surface area contributed by atoms with E-state index in [-0.39, 0.29) is 59.2 Å². The lowest BCUT2D eigenvalue weighted by Crippen LogP contribution is -2.67. The van der Waals surface area contributed by atoms with Crippen molar-refractivity contribution in [3.8, 4) is 0 Å². The zero-order chi connectivity index (χ0) is 28.6. The van der Waals surface area contributed by atoms with Crippen LogP contribution in [0.2, 0.25) is 0 Å². The van der Waals surface area contributed by atoms with Gasteiger partial charge in [-0.15, -0.1) is 0 Å². The predicted molar refractivity (Wildman–Crippen MR) is 152 cm³/mol. The largest absolute Gasteiger partial charge is 0.411 e. The van der Waals surface area contributed by atoms with E-state index in [9.17, 15) is 23.8 Å². The molecule has 0 heterocycles. The predicted octanol–water partition coefficient (Wildman–Crippen LogP) is 5.40. The van der Waals surface area contributed by atoms with Gasteiger partial charge < -0.3 is 15.4 Å². The molecule has 0 aromatic heterocycles. The van der Waals surface area contributed by atoms with Gasteiger partial charge in [-0.2, -0.15) is 8.42 Å². The third kappa shape index (κ3) is 4.04. The van der Waals surface area contributed by atoms with Crippen LogP contribution in [0.1, 0.15) is 91.9 Å². The molecular formula is C31H51NO6S. The Balaban J connectivity index is 1.50. The standard InChI is InChI=1S/C31H51NO6S/c1-20(17-38-39(6,36)37)21-9-14-31(19-34)16-15-29(4)22(26(21)31)7-8-24-27(2)12-11-25(32-35)28(3,18-33)23(27)10-13-30(24,29)5/h21-24,26,33-35H,1,7-19H2,2-6H3/b32-25-/t21-,22+,23+,24+,26+,27-,28?,29+,30+,31+/m0/s1. The van der Waals surface area contributed by atoms with E-state index in [1.54, 1.807) is 0 Å². The van der Waals surface area contributed by atoms with E-state index in [0.29, 0.717) is 11.8 Å². The molecule has 0 saturated heterocycles. The highest BCUT2D eigenvalue weighted by Crippen LogP contribution is 2.77. The normalized spacial score (nSPS) is 50.5. The Hall–Kier alpha value is -0.960. The van der Waals surface area contributed by atoms with Crippen LogP contribution in [-0.4, -0.2) is 55.6 Å². The van der Waals surface area contributed by atoms with E-state index in [4.69, 9.17) is 4.18 Å². The Kier molecular flexibility index (Phi) is 7.22. The average molecular weight is 566 g/mol. The second kappa shape index (κ2) is 9.53. The molecule has 0 radical (unpaired) electrons. The monoisotopic (exact) mass is 565 g/mol. The van der Waals surface area contributed by atoms with Crippen molar-refractivity contribution < 1.29 is 28.0 Å². The average Bonchev–Trinajstić information content (AvgIpc) is 3.27. The van der Waals surface area contributed by atoms with Crippen molar-refractivity contribution in [1.29, 1.82) is 0 Å². The van der Waals surface area contributed by atoms with Crippen molar-refractivity contribution >= 4 is 15.8 Å². The van der Waals surface area contributed by atoms with Crippen molar-refractivity contribution in [3.63, 3.8) is 0 Å². The summed E-state index contributed by atoms with van der Waals surface area (Å²) in [6.45, 7) is 14.2. The molecule has 5 fully saturated rings. The van der Waals surface area contributed by atoms with Gasteiger partial charge in [-0.3, -0.25) is 4.18 Å². The van der Waals surface area contributed by atoms with E-state index in [0.717, 1.165) is 81.7 Å². The van der Waals surface area contributed by atoms with Gasteiger partial charge in [-0.25, -0.2) is 0 Å². The molecule has 8 heteroatoms. The number of aliphatic hydroxyl groups excluding tert-OH is 2.